The highest BCUT2D eigenvalue weighted by Gasteiger charge is 2.78. The van der Waals surface area contributed by atoms with Crippen molar-refractivity contribution in [3.63, 3.8) is 0 Å². The first kappa shape index (κ1) is 94.4. The van der Waals surface area contributed by atoms with Gasteiger partial charge in [-0.3, -0.25) is 0 Å². The Morgan fingerprint density at radius 3 is 0.780 bits per heavy atom. The lowest BCUT2D eigenvalue weighted by atomic mass is 9.57. The van der Waals surface area contributed by atoms with E-state index in [4.69, 9.17) is 139 Å². The SMILES string of the molecule is C[C@@H]1CC[C@H]2[C@@H](C)C(CCNC(COCCC3O[C@@H]4O[C@@]5(C)CC[C@H]6[C@H](C)CC[C@@H]([C@H]3C)[C@@]46OO5)COCCC3O[C@@H]4O[C@]5(C)CC[C@H]6[C@H](C)CC[C@@H]([C@H]3C)[C@@]46OO5)O[C@@H]3O[C@@]4(C)CC[C@@H]1[C@]32OO4.C[C@@H]1CC[C@H]2[C@@H](C)C(OCC(COC3O[C@@H]4O[C@]5(C)CC[C@H]6[C@H](C)CC[C@@H]([C@H]3C)[C@@]46OO5)OC3O[C@@H]4O[C@@]5(C)CC[C@H]6[C@H](C)CC[C@@H]([C@H]3C)[C@@]46OO5)O[C@@H]3O[C@@]4(C)CC[C@@H]1[C@]32OO4. The first-order chi connectivity index (χ1) is 63.2. The third kappa shape index (κ3) is 15.0. The molecule has 24 heterocycles. The van der Waals surface area contributed by atoms with Gasteiger partial charge in [0.2, 0.25) is 34.7 Å². The van der Waals surface area contributed by atoms with Crippen molar-refractivity contribution < 1.29 is 139 Å². The molecule has 0 amide bonds. The fraction of sp³-hybridized carbons (Fsp3) is 1.00. The zero-order valence-electron chi connectivity index (χ0n) is 82.3. The summed E-state index contributed by atoms with van der Waals surface area (Å²) in [6.45, 7) is 42.9. The van der Waals surface area contributed by atoms with Gasteiger partial charge in [-0.25, -0.2) is 58.7 Å². The van der Waals surface area contributed by atoms with Crippen LogP contribution in [0, 0.1) is 142 Å². The molecule has 30 aliphatic rings. The molecule has 24 saturated heterocycles. The van der Waals surface area contributed by atoms with E-state index in [1.54, 1.807) is 0 Å². The van der Waals surface area contributed by atoms with E-state index in [0.717, 1.165) is 161 Å². The van der Waals surface area contributed by atoms with E-state index in [1.165, 1.54) is 19.3 Å². The molecule has 24 aliphatic heterocycles. The molecule has 6 saturated carbocycles. The third-order valence-corrected chi connectivity index (χ3v) is 41.0. The fourth-order valence-corrected chi connectivity index (χ4v) is 33.2. The maximum Gasteiger partial charge on any atom is 0.201 e. The van der Waals surface area contributed by atoms with Gasteiger partial charge in [-0.05, 0) is 272 Å². The second kappa shape index (κ2) is 34.8. The highest BCUT2D eigenvalue weighted by atomic mass is 17.3. The predicted octanol–water partition coefficient (Wildman–Crippen LogP) is 16.9. The van der Waals surface area contributed by atoms with Crippen LogP contribution >= 0.6 is 0 Å². The highest BCUT2D eigenvalue weighted by molar-refractivity contribution is 5.17. The smallest absolute Gasteiger partial charge is 0.201 e. The van der Waals surface area contributed by atoms with E-state index >= 15 is 0 Å². The topological polar surface area (TPSA) is 280 Å². The lowest BCUT2D eigenvalue weighted by Crippen LogP contribution is -2.71. The summed E-state index contributed by atoms with van der Waals surface area (Å²) in [5.74, 6) is 1.87. The highest BCUT2D eigenvalue weighted by Crippen LogP contribution is 2.69. The van der Waals surface area contributed by atoms with Crippen LogP contribution in [0.3, 0.4) is 0 Å². The first-order valence-electron chi connectivity index (χ1n) is 53.2. The number of ether oxygens (including phenoxy) is 17. The van der Waals surface area contributed by atoms with Crippen LogP contribution < -0.4 is 5.32 Å². The Hall–Kier alpha value is -1.20. The van der Waals surface area contributed by atoms with Crippen molar-refractivity contribution in [2.45, 2.75) is 453 Å². The van der Waals surface area contributed by atoms with E-state index in [1.807, 2.05) is 41.5 Å². The summed E-state index contributed by atoms with van der Waals surface area (Å²) in [4.78, 5) is 75.2. The lowest BCUT2D eigenvalue weighted by molar-refractivity contribution is -0.580. The minimum atomic E-state index is -0.894. The van der Waals surface area contributed by atoms with Gasteiger partial charge in [0.15, 0.2) is 90.2 Å². The molecule has 748 valence electrons. The zero-order chi connectivity index (χ0) is 91.2. The molecule has 50 atom stereocenters. The number of hydrogen-bond donors (Lipinski definition) is 1. The van der Waals surface area contributed by atoms with Gasteiger partial charge in [-0.1, -0.05) is 83.1 Å². The van der Waals surface area contributed by atoms with E-state index in [2.05, 4.69) is 88.4 Å². The molecule has 0 aromatic heterocycles. The van der Waals surface area contributed by atoms with Crippen molar-refractivity contribution in [1.82, 2.24) is 5.32 Å². The maximum absolute atomic E-state index is 7.16. The zero-order valence-corrected chi connectivity index (χ0v) is 82.3. The first-order valence-corrected chi connectivity index (χ1v) is 53.2. The molecule has 12 bridgehead atoms. The molecule has 8 unspecified atom stereocenters. The Morgan fingerprint density at radius 1 is 0.258 bits per heavy atom. The van der Waals surface area contributed by atoms with Crippen LogP contribution in [0.2, 0.25) is 0 Å². The molecule has 6 spiro atoms. The largest absolute Gasteiger partial charge is 0.380 e. The number of rotatable bonds is 22. The van der Waals surface area contributed by atoms with Gasteiger partial charge in [-0.2, -0.15) is 0 Å². The Morgan fingerprint density at radius 2 is 0.500 bits per heavy atom. The van der Waals surface area contributed by atoms with Crippen LogP contribution in [-0.4, -0.2) is 202 Å². The Bertz CT molecular complexity index is 3920. The van der Waals surface area contributed by atoms with Gasteiger partial charge in [0.05, 0.1) is 50.8 Å². The lowest BCUT2D eigenvalue weighted by Gasteiger charge is -2.60. The van der Waals surface area contributed by atoms with Crippen molar-refractivity contribution in [3.05, 3.63) is 0 Å². The van der Waals surface area contributed by atoms with Crippen molar-refractivity contribution in [3.8, 4) is 0 Å². The van der Waals surface area contributed by atoms with E-state index in [0.29, 0.717) is 97.4 Å². The Balaban J connectivity index is 0.000000150. The summed E-state index contributed by atoms with van der Waals surface area (Å²) in [5.41, 5.74) is -3.75. The molecule has 30 nitrogen and oxygen atoms in total. The summed E-state index contributed by atoms with van der Waals surface area (Å²) in [6, 6.07) is -0.0316. The molecule has 30 rings (SSSR count). The van der Waals surface area contributed by atoms with Crippen LogP contribution in [0.5, 0.6) is 0 Å². The van der Waals surface area contributed by atoms with E-state index < -0.39 is 131 Å². The summed E-state index contributed by atoms with van der Waals surface area (Å²) in [6.07, 6.45) is 20.6. The molecular formula is C102H161NO29. The predicted molar refractivity (Wildman–Crippen MR) is 465 cm³/mol. The standard InChI is InChI=1S/C54H87NO14.C48H74O15/c1-30-10-13-40-33(4)43(58-46-52(40)37(30)16-22-49(7,61-46)64-67-52)19-25-55-36(28-56-26-20-44-34(5)41-14-11-31(2)38-17-23-50(8)62-47(59-44)53(38,41)68-65-50)29-57-27-21-45-35(6)42-15-12-32(3)39-18-24-51(9)63-48(60-45)54(39,42)69-66-51;1-24-10-13-34-27(4)37(52-40-46(34)31(24)16-19-43(7,55-40)58-61-46)49-22-30(51-39-29(6)36-15-12-26(3)33-18-21-45(9)57-42(54-39)48(33,36)63-60-45)23-50-38-28(5)35-14-11-25(2)32-17-20-44(8)56-41(53-38)47(32,35)62-59-44/h30-48,55H,10-29H2,1-9H3;24-42H,10-23H2,1-9H3/t30-,31-,32-,33-,34-,35-,36?,37+,38+,39+,40+,41+,42+,43?,44?,45?,46-,47-,48-,49-,50-,51+,52-,53-,54-;24-,25-,26-,27-,28-,29-,30?,31+,32+,33+,34+,35+,36+,37?,38?,39?,40-,41-,42-,43-,44+,45-,46-,47-,48-/m11/s1. The quantitative estimate of drug-likeness (QED) is 0.0778. The molecule has 30 fully saturated rings. The molecule has 6 aliphatic carbocycles. The van der Waals surface area contributed by atoms with E-state index in [9.17, 15) is 0 Å². The molecule has 1 N–H and O–H groups in total. The van der Waals surface area contributed by atoms with Gasteiger partial charge < -0.3 is 85.8 Å². The number of hydrogen-bond acceptors (Lipinski definition) is 30. The van der Waals surface area contributed by atoms with Gasteiger partial charge in [0.1, 0.15) is 6.10 Å². The van der Waals surface area contributed by atoms with Gasteiger partial charge in [0.25, 0.3) is 0 Å². The van der Waals surface area contributed by atoms with Crippen molar-refractivity contribution >= 4 is 0 Å². The molecule has 30 heteroatoms. The maximum atomic E-state index is 7.16. The monoisotopic (exact) mass is 1860 g/mol. The molecule has 132 heavy (non-hydrogen) atoms. The molecule has 0 aromatic rings. The second-order valence-electron chi connectivity index (χ2n) is 48.7. The summed E-state index contributed by atoms with van der Waals surface area (Å²) in [5, 5.41) is 3.88. The average molecular weight is 1870 g/mol. The number of nitrogens with one attached hydrogen (secondary N) is 1. The van der Waals surface area contributed by atoms with Crippen molar-refractivity contribution in [2.75, 3.05) is 46.2 Å². The van der Waals surface area contributed by atoms with Crippen LogP contribution in [0.15, 0.2) is 0 Å². The summed E-state index contributed by atoms with van der Waals surface area (Å²) < 4.78 is 116. The molecule has 0 aromatic carbocycles. The Labute approximate surface area is 782 Å². The van der Waals surface area contributed by atoms with Crippen molar-refractivity contribution in [2.24, 2.45) is 142 Å². The van der Waals surface area contributed by atoms with Crippen molar-refractivity contribution in [1.29, 1.82) is 0 Å². The van der Waals surface area contributed by atoms with Gasteiger partial charge in [0, 0.05) is 105 Å². The van der Waals surface area contributed by atoms with Crippen LogP contribution in [0.25, 0.3) is 0 Å². The minimum absolute atomic E-state index is 0.00269. The number of fused-ring (bicyclic) bond motifs is 12. The minimum Gasteiger partial charge on any atom is -0.380 e. The van der Waals surface area contributed by atoms with E-state index in [-0.39, 0.29) is 109 Å². The van der Waals surface area contributed by atoms with Crippen LogP contribution in [-0.2, 0) is 139 Å². The summed E-state index contributed by atoms with van der Waals surface area (Å²) in [7, 11) is 0. The third-order valence-electron chi connectivity index (χ3n) is 41.0. The van der Waals surface area contributed by atoms with Crippen LogP contribution in [0.4, 0.5) is 0 Å². The molecule has 0 radical (unpaired) electrons. The second-order valence-corrected chi connectivity index (χ2v) is 48.7. The fourth-order valence-electron chi connectivity index (χ4n) is 33.2. The van der Waals surface area contributed by atoms with Gasteiger partial charge >= 0.3 is 0 Å². The van der Waals surface area contributed by atoms with Gasteiger partial charge in [-0.15, -0.1) is 0 Å². The Kier molecular flexibility index (Phi) is 24.9. The molecular weight excluding hydrogens is 1700 g/mol. The normalized spacial score (nSPS) is 58.3. The summed E-state index contributed by atoms with van der Waals surface area (Å²) >= 11 is 0. The average Bonchev–Trinajstić information content (AvgIpc) is 1.48. The van der Waals surface area contributed by atoms with Crippen LogP contribution in [0.1, 0.15) is 298 Å².